The Hall–Kier alpha value is -1.17. The summed E-state index contributed by atoms with van der Waals surface area (Å²) in [6.07, 6.45) is 1.75. The third-order valence-corrected chi connectivity index (χ3v) is 3.64. The summed E-state index contributed by atoms with van der Waals surface area (Å²) in [5.74, 6) is 0.711. The predicted molar refractivity (Wildman–Crippen MR) is 79.4 cm³/mol. The zero-order chi connectivity index (χ0) is 13.8. The number of aliphatic hydroxyl groups is 1. The topological polar surface area (TPSA) is 58.7 Å². The number of nitrogens with two attached hydrogens (primary N) is 1. The maximum atomic E-state index is 9.68. The number of methoxy groups -OCH3 is 1. The van der Waals surface area contributed by atoms with Crippen LogP contribution in [0.5, 0.6) is 5.75 Å². The molecule has 19 heavy (non-hydrogen) atoms. The van der Waals surface area contributed by atoms with Gasteiger partial charge in [0, 0.05) is 13.1 Å². The van der Waals surface area contributed by atoms with E-state index in [4.69, 9.17) is 22.7 Å². The van der Waals surface area contributed by atoms with E-state index in [0.29, 0.717) is 10.7 Å². The molecule has 1 fully saturated rings. The minimum absolute atomic E-state index is 0.202. The van der Waals surface area contributed by atoms with E-state index in [1.54, 1.807) is 7.11 Å². The molecule has 0 radical (unpaired) electrons. The first-order valence-electron chi connectivity index (χ1n) is 6.47. The number of thiocarbonyl (C=S) groups is 1. The Morgan fingerprint density at radius 1 is 1.58 bits per heavy atom. The van der Waals surface area contributed by atoms with Gasteiger partial charge in [-0.2, -0.15) is 0 Å². The fourth-order valence-corrected chi connectivity index (χ4v) is 2.64. The van der Waals surface area contributed by atoms with Crippen LogP contribution in [-0.4, -0.2) is 41.3 Å². The van der Waals surface area contributed by atoms with Gasteiger partial charge in [0.2, 0.25) is 0 Å². The normalized spacial score (nSPS) is 20.2. The van der Waals surface area contributed by atoms with Crippen LogP contribution in [0.1, 0.15) is 24.0 Å². The van der Waals surface area contributed by atoms with Crippen molar-refractivity contribution in [1.82, 2.24) is 4.90 Å². The van der Waals surface area contributed by atoms with Crippen molar-refractivity contribution in [2.75, 3.05) is 20.2 Å². The fraction of sp³-hybridized carbons (Fsp3) is 0.500. The van der Waals surface area contributed by atoms with Crippen LogP contribution in [0.15, 0.2) is 18.2 Å². The molecule has 3 N–H and O–H groups in total. The van der Waals surface area contributed by atoms with Crippen LogP contribution in [0.3, 0.4) is 0 Å². The average molecular weight is 280 g/mol. The summed E-state index contributed by atoms with van der Waals surface area (Å²) < 4.78 is 5.32. The molecule has 1 aliphatic rings. The minimum Gasteiger partial charge on any atom is -0.496 e. The van der Waals surface area contributed by atoms with Crippen molar-refractivity contribution < 1.29 is 9.84 Å². The lowest BCUT2D eigenvalue weighted by molar-refractivity contribution is 0.0668. The number of nitrogens with zero attached hydrogens (tertiary/aromatic N) is 1. The third kappa shape index (κ3) is 3.65. The SMILES string of the molecule is COc1cc(CN2CCCC(O)C2)ccc1C(N)=S. The first-order chi connectivity index (χ1) is 9.10. The molecule has 0 aliphatic carbocycles. The highest BCUT2D eigenvalue weighted by molar-refractivity contribution is 7.80. The van der Waals surface area contributed by atoms with Gasteiger partial charge in [-0.3, -0.25) is 4.90 Å². The van der Waals surface area contributed by atoms with Gasteiger partial charge in [-0.25, -0.2) is 0 Å². The average Bonchev–Trinajstić information content (AvgIpc) is 2.38. The Morgan fingerprint density at radius 3 is 3.00 bits per heavy atom. The van der Waals surface area contributed by atoms with Crippen molar-refractivity contribution in [2.24, 2.45) is 5.73 Å². The summed E-state index contributed by atoms with van der Waals surface area (Å²) in [5.41, 5.74) is 7.56. The lowest BCUT2D eigenvalue weighted by atomic mass is 10.1. The van der Waals surface area contributed by atoms with Crippen molar-refractivity contribution >= 4 is 17.2 Å². The Kier molecular flexibility index (Phi) is 4.74. The van der Waals surface area contributed by atoms with E-state index < -0.39 is 0 Å². The standard InChI is InChI=1S/C14H20N2O2S/c1-18-13-7-10(4-5-12(13)14(15)19)8-16-6-2-3-11(17)9-16/h4-5,7,11,17H,2-3,6,8-9H2,1H3,(H2,15,19). The number of ether oxygens (including phenoxy) is 1. The molecule has 0 aromatic heterocycles. The lowest BCUT2D eigenvalue weighted by Gasteiger charge is -2.30. The number of β-amino-alcohol motifs (C(OH)–C–C–N with tert-alkyl or cyclic N) is 1. The second-order valence-corrected chi connectivity index (χ2v) is 5.37. The van der Waals surface area contributed by atoms with E-state index in [9.17, 15) is 5.11 Å². The van der Waals surface area contributed by atoms with Crippen molar-refractivity contribution in [1.29, 1.82) is 0 Å². The summed E-state index contributed by atoms with van der Waals surface area (Å²) in [4.78, 5) is 2.60. The van der Waals surface area contributed by atoms with Gasteiger partial charge < -0.3 is 15.6 Å². The molecule has 1 atom stereocenters. The summed E-state index contributed by atoms with van der Waals surface area (Å²) in [6, 6.07) is 5.88. The molecule has 1 heterocycles. The first-order valence-corrected chi connectivity index (χ1v) is 6.88. The van der Waals surface area contributed by atoms with Crippen LogP contribution in [0.2, 0.25) is 0 Å². The first kappa shape index (κ1) is 14.2. The lowest BCUT2D eigenvalue weighted by Crippen LogP contribution is -2.37. The van der Waals surface area contributed by atoms with E-state index in [0.717, 1.165) is 43.6 Å². The smallest absolute Gasteiger partial charge is 0.129 e. The summed E-state index contributed by atoms with van der Waals surface area (Å²) in [6.45, 7) is 2.57. The highest BCUT2D eigenvalue weighted by Gasteiger charge is 2.18. The number of hydrogen-bond acceptors (Lipinski definition) is 4. The quantitative estimate of drug-likeness (QED) is 0.814. The number of benzene rings is 1. The van der Waals surface area contributed by atoms with Gasteiger partial charge in [0.1, 0.15) is 10.7 Å². The van der Waals surface area contributed by atoms with Gasteiger partial charge in [0.25, 0.3) is 0 Å². The Morgan fingerprint density at radius 2 is 2.37 bits per heavy atom. The van der Waals surface area contributed by atoms with Crippen LogP contribution in [0.4, 0.5) is 0 Å². The molecule has 1 aromatic carbocycles. The highest BCUT2D eigenvalue weighted by atomic mass is 32.1. The molecule has 5 heteroatoms. The van der Waals surface area contributed by atoms with Crippen molar-refractivity contribution in [2.45, 2.75) is 25.5 Å². The number of hydrogen-bond donors (Lipinski definition) is 2. The maximum Gasteiger partial charge on any atom is 0.129 e. The number of likely N-dealkylation sites (tertiary alicyclic amines) is 1. The second-order valence-electron chi connectivity index (χ2n) is 4.93. The molecule has 1 aromatic rings. The molecule has 1 aliphatic heterocycles. The van der Waals surface area contributed by atoms with Gasteiger partial charge in [-0.1, -0.05) is 18.3 Å². The van der Waals surface area contributed by atoms with Gasteiger partial charge in [-0.05, 0) is 37.1 Å². The van der Waals surface area contributed by atoms with Crippen LogP contribution in [0, 0.1) is 0 Å². The number of rotatable bonds is 4. The fourth-order valence-electron chi connectivity index (χ4n) is 2.47. The number of piperidine rings is 1. The van der Waals surface area contributed by atoms with Crippen LogP contribution in [0.25, 0.3) is 0 Å². The molecule has 104 valence electrons. The van der Waals surface area contributed by atoms with Gasteiger partial charge >= 0.3 is 0 Å². The van der Waals surface area contributed by atoms with Crippen molar-refractivity contribution in [3.63, 3.8) is 0 Å². The van der Waals surface area contributed by atoms with E-state index in [2.05, 4.69) is 4.90 Å². The molecular weight excluding hydrogens is 260 g/mol. The van der Waals surface area contributed by atoms with Gasteiger partial charge in [-0.15, -0.1) is 0 Å². The summed E-state index contributed by atoms with van der Waals surface area (Å²) >= 11 is 4.99. The van der Waals surface area contributed by atoms with Crippen molar-refractivity contribution in [3.05, 3.63) is 29.3 Å². The highest BCUT2D eigenvalue weighted by Crippen LogP contribution is 2.22. The Labute approximate surface area is 119 Å². The molecule has 0 saturated carbocycles. The zero-order valence-electron chi connectivity index (χ0n) is 11.1. The molecule has 0 bridgehead atoms. The Bertz CT molecular complexity index is 465. The third-order valence-electron chi connectivity index (χ3n) is 3.42. The van der Waals surface area contributed by atoms with Crippen molar-refractivity contribution in [3.8, 4) is 5.75 Å². The summed E-state index contributed by atoms with van der Waals surface area (Å²) in [7, 11) is 1.62. The maximum absolute atomic E-state index is 9.68. The molecular formula is C14H20N2O2S. The van der Waals surface area contributed by atoms with E-state index in [1.165, 1.54) is 0 Å². The summed E-state index contributed by atoms with van der Waals surface area (Å²) in [5, 5.41) is 9.68. The molecule has 1 unspecified atom stereocenters. The monoisotopic (exact) mass is 280 g/mol. The van der Waals surface area contributed by atoms with Crippen LogP contribution in [-0.2, 0) is 6.54 Å². The minimum atomic E-state index is -0.202. The van der Waals surface area contributed by atoms with E-state index in [1.807, 2.05) is 18.2 Å². The van der Waals surface area contributed by atoms with E-state index >= 15 is 0 Å². The van der Waals surface area contributed by atoms with Crippen LogP contribution < -0.4 is 10.5 Å². The van der Waals surface area contributed by atoms with E-state index in [-0.39, 0.29) is 6.10 Å². The molecule has 4 nitrogen and oxygen atoms in total. The Balaban J connectivity index is 2.10. The largest absolute Gasteiger partial charge is 0.496 e. The van der Waals surface area contributed by atoms with Crippen LogP contribution >= 0.6 is 12.2 Å². The number of aliphatic hydroxyl groups excluding tert-OH is 1. The molecule has 1 saturated heterocycles. The second kappa shape index (κ2) is 6.32. The zero-order valence-corrected chi connectivity index (χ0v) is 11.9. The molecule has 2 rings (SSSR count). The van der Waals surface area contributed by atoms with Gasteiger partial charge in [0.15, 0.2) is 0 Å². The molecule has 0 amide bonds. The van der Waals surface area contributed by atoms with Gasteiger partial charge in [0.05, 0.1) is 18.8 Å². The predicted octanol–water partition coefficient (Wildman–Crippen LogP) is 1.29. The molecule has 0 spiro atoms.